The first-order chi connectivity index (χ1) is 13.4. The molecule has 0 saturated carbocycles. The predicted molar refractivity (Wildman–Crippen MR) is 103 cm³/mol. The summed E-state index contributed by atoms with van der Waals surface area (Å²) in [5.41, 5.74) is 2.61. The number of carbonyl (C=O) groups excluding carboxylic acids is 1. The number of fused-ring (bicyclic) bond motifs is 2. The van der Waals surface area contributed by atoms with Gasteiger partial charge in [0.15, 0.2) is 17.3 Å². The van der Waals surface area contributed by atoms with Crippen molar-refractivity contribution in [3.05, 3.63) is 58.9 Å². The molecule has 0 aromatic heterocycles. The molecule has 2 aromatic carbocycles. The lowest BCUT2D eigenvalue weighted by Crippen LogP contribution is -2.32. The molecule has 0 saturated heterocycles. The van der Waals surface area contributed by atoms with E-state index in [-0.39, 0.29) is 23.9 Å². The predicted octanol–water partition coefficient (Wildman–Crippen LogP) is 4.59. The summed E-state index contributed by atoms with van der Waals surface area (Å²) in [6, 6.07) is 11.7. The minimum atomic E-state index is -0.192. The zero-order chi connectivity index (χ0) is 19.5. The summed E-state index contributed by atoms with van der Waals surface area (Å²) in [5.74, 6) is 3.61. The molecule has 0 bridgehead atoms. The third-order valence-corrected chi connectivity index (χ3v) is 5.67. The van der Waals surface area contributed by atoms with Crippen molar-refractivity contribution in [2.24, 2.45) is 5.41 Å². The molecule has 1 atom stereocenters. The fourth-order valence-corrected chi connectivity index (χ4v) is 4.37. The molecular weight excluding hydrogens is 356 g/mol. The molecule has 144 valence electrons. The first-order valence-corrected chi connectivity index (χ1v) is 9.47. The largest absolute Gasteiger partial charge is 0.497 e. The second-order valence-corrected chi connectivity index (χ2v) is 8.33. The van der Waals surface area contributed by atoms with Gasteiger partial charge in [-0.1, -0.05) is 26.0 Å². The van der Waals surface area contributed by atoms with Gasteiger partial charge in [-0.25, -0.2) is 0 Å². The number of methoxy groups -OCH3 is 1. The van der Waals surface area contributed by atoms with Crippen molar-refractivity contribution in [3.8, 4) is 23.0 Å². The number of benzene rings is 2. The van der Waals surface area contributed by atoms with Gasteiger partial charge in [0.25, 0.3) is 0 Å². The van der Waals surface area contributed by atoms with Crippen LogP contribution >= 0.6 is 0 Å². The number of ketones is 1. The van der Waals surface area contributed by atoms with Crippen molar-refractivity contribution in [2.75, 3.05) is 13.9 Å². The highest BCUT2D eigenvalue weighted by molar-refractivity contribution is 6.00. The van der Waals surface area contributed by atoms with Crippen LogP contribution in [0.5, 0.6) is 23.0 Å². The summed E-state index contributed by atoms with van der Waals surface area (Å²) in [7, 11) is 1.65. The molecule has 0 spiro atoms. The van der Waals surface area contributed by atoms with E-state index in [1.807, 2.05) is 36.4 Å². The summed E-state index contributed by atoms with van der Waals surface area (Å²) in [6.07, 6.45) is 1.25. The highest BCUT2D eigenvalue weighted by atomic mass is 16.7. The molecule has 0 N–H and O–H groups in total. The van der Waals surface area contributed by atoms with Gasteiger partial charge in [0.2, 0.25) is 6.79 Å². The van der Waals surface area contributed by atoms with Crippen LogP contribution in [0.3, 0.4) is 0 Å². The molecule has 0 unspecified atom stereocenters. The fraction of sp³-hybridized carbons (Fsp3) is 0.348. The Kier molecular flexibility index (Phi) is 3.69. The van der Waals surface area contributed by atoms with Crippen molar-refractivity contribution in [1.29, 1.82) is 0 Å². The summed E-state index contributed by atoms with van der Waals surface area (Å²) in [6.45, 7) is 4.41. The van der Waals surface area contributed by atoms with Crippen molar-refractivity contribution in [2.45, 2.75) is 32.6 Å². The quantitative estimate of drug-likeness (QED) is 0.765. The molecule has 28 heavy (non-hydrogen) atoms. The minimum absolute atomic E-state index is 0.117. The van der Waals surface area contributed by atoms with Gasteiger partial charge in [0.1, 0.15) is 17.3 Å². The lowest BCUT2D eigenvalue weighted by Gasteiger charge is -2.38. The van der Waals surface area contributed by atoms with Crippen molar-refractivity contribution in [3.63, 3.8) is 0 Å². The Bertz CT molecular complexity index is 1000. The second-order valence-electron chi connectivity index (χ2n) is 8.33. The van der Waals surface area contributed by atoms with E-state index in [4.69, 9.17) is 18.9 Å². The van der Waals surface area contributed by atoms with Gasteiger partial charge in [-0.15, -0.1) is 0 Å². The molecule has 0 radical (unpaired) electrons. The van der Waals surface area contributed by atoms with E-state index in [1.54, 1.807) is 7.11 Å². The summed E-state index contributed by atoms with van der Waals surface area (Å²) in [4.78, 5) is 13.2. The molecule has 2 aliphatic heterocycles. The zero-order valence-electron chi connectivity index (χ0n) is 16.2. The smallest absolute Gasteiger partial charge is 0.231 e. The summed E-state index contributed by atoms with van der Waals surface area (Å²) < 4.78 is 22.7. The number of allylic oxidation sites excluding steroid dienone is 2. The van der Waals surface area contributed by atoms with Gasteiger partial charge in [0, 0.05) is 36.0 Å². The average Bonchev–Trinajstić information content (AvgIpc) is 3.11. The fourth-order valence-electron chi connectivity index (χ4n) is 4.37. The normalized spacial score (nSPS) is 21.7. The molecule has 3 aliphatic rings. The van der Waals surface area contributed by atoms with Crippen molar-refractivity contribution in [1.82, 2.24) is 0 Å². The number of hydrogen-bond donors (Lipinski definition) is 0. The monoisotopic (exact) mass is 378 g/mol. The number of carbonyl (C=O) groups is 1. The van der Waals surface area contributed by atoms with E-state index in [0.717, 1.165) is 40.4 Å². The molecule has 5 nitrogen and oxygen atoms in total. The standard InChI is InChI=1S/C23H22O5/c1-23(2)10-16(24)22-20(11-23)28-17-9-19-18(26-12-27-19)8-15(17)21(22)13-4-6-14(25-3)7-5-13/h4-9,21H,10-12H2,1-3H3/t21-/m0/s1. The Labute approximate surface area is 163 Å². The number of ether oxygens (including phenoxy) is 4. The Morgan fingerprint density at radius 2 is 1.71 bits per heavy atom. The van der Waals surface area contributed by atoms with Crippen LogP contribution in [0.1, 0.15) is 43.7 Å². The van der Waals surface area contributed by atoms with Gasteiger partial charge in [-0.05, 0) is 29.2 Å². The van der Waals surface area contributed by atoms with Gasteiger partial charge in [0.05, 0.1) is 7.11 Å². The van der Waals surface area contributed by atoms with Crippen LogP contribution in [-0.2, 0) is 4.79 Å². The maximum atomic E-state index is 13.2. The van der Waals surface area contributed by atoms with E-state index in [0.29, 0.717) is 17.9 Å². The Hall–Kier alpha value is -2.95. The Morgan fingerprint density at radius 3 is 2.43 bits per heavy atom. The molecule has 0 fully saturated rings. The van der Waals surface area contributed by atoms with Crippen LogP contribution in [-0.4, -0.2) is 19.7 Å². The summed E-state index contributed by atoms with van der Waals surface area (Å²) in [5, 5.41) is 0. The van der Waals surface area contributed by atoms with Gasteiger partial charge < -0.3 is 18.9 Å². The van der Waals surface area contributed by atoms with Crippen molar-refractivity contribution < 1.29 is 23.7 Å². The van der Waals surface area contributed by atoms with E-state index >= 15 is 0 Å². The van der Waals surface area contributed by atoms with E-state index in [9.17, 15) is 4.79 Å². The van der Waals surface area contributed by atoms with Crippen LogP contribution in [0.25, 0.3) is 0 Å². The van der Waals surface area contributed by atoms with Gasteiger partial charge >= 0.3 is 0 Å². The lowest BCUT2D eigenvalue weighted by molar-refractivity contribution is -0.118. The number of hydrogen-bond acceptors (Lipinski definition) is 5. The molecule has 0 amide bonds. The Balaban J connectivity index is 1.70. The second kappa shape index (κ2) is 6.03. The first kappa shape index (κ1) is 17.2. The van der Waals surface area contributed by atoms with Crippen LogP contribution in [0.2, 0.25) is 0 Å². The molecule has 2 aromatic rings. The summed E-state index contributed by atoms with van der Waals surface area (Å²) >= 11 is 0. The maximum Gasteiger partial charge on any atom is 0.231 e. The van der Waals surface area contributed by atoms with E-state index in [1.165, 1.54) is 0 Å². The highest BCUT2D eigenvalue weighted by Gasteiger charge is 2.42. The third-order valence-electron chi connectivity index (χ3n) is 5.67. The highest BCUT2D eigenvalue weighted by Crippen LogP contribution is 2.52. The topological polar surface area (TPSA) is 54.0 Å². The average molecular weight is 378 g/mol. The lowest BCUT2D eigenvalue weighted by atomic mass is 9.70. The van der Waals surface area contributed by atoms with Gasteiger partial charge in [-0.3, -0.25) is 4.79 Å². The number of Topliss-reactive ketones (excluding diaryl/α,β-unsaturated/α-hetero) is 1. The Morgan fingerprint density at radius 1 is 1.00 bits per heavy atom. The maximum absolute atomic E-state index is 13.2. The number of rotatable bonds is 2. The van der Waals surface area contributed by atoms with Crippen molar-refractivity contribution >= 4 is 5.78 Å². The van der Waals surface area contributed by atoms with Crippen LogP contribution < -0.4 is 18.9 Å². The SMILES string of the molecule is COc1ccc([C@@H]2C3=C(CC(C)(C)CC3=O)Oc3cc4c(cc32)OCO4)cc1. The van der Waals surface area contributed by atoms with Gasteiger partial charge in [-0.2, -0.15) is 0 Å². The minimum Gasteiger partial charge on any atom is -0.497 e. The van der Waals surface area contributed by atoms with Crippen LogP contribution in [0.4, 0.5) is 0 Å². The third kappa shape index (κ3) is 2.65. The van der Waals surface area contributed by atoms with Crippen LogP contribution in [0.15, 0.2) is 47.7 Å². The van der Waals surface area contributed by atoms with Crippen LogP contribution in [0, 0.1) is 5.41 Å². The van der Waals surface area contributed by atoms with E-state index in [2.05, 4.69) is 13.8 Å². The molecular formula is C23H22O5. The van der Waals surface area contributed by atoms with E-state index < -0.39 is 0 Å². The first-order valence-electron chi connectivity index (χ1n) is 9.47. The molecule has 5 heteroatoms. The molecule has 5 rings (SSSR count). The molecule has 2 heterocycles. The molecule has 1 aliphatic carbocycles. The zero-order valence-corrected chi connectivity index (χ0v) is 16.2.